The molecule has 5 heteroatoms. The van der Waals surface area contributed by atoms with E-state index < -0.39 is 6.04 Å². The van der Waals surface area contributed by atoms with Crippen molar-refractivity contribution in [1.29, 1.82) is 0 Å². The summed E-state index contributed by atoms with van der Waals surface area (Å²) in [6.45, 7) is 10.3. The van der Waals surface area contributed by atoms with E-state index in [2.05, 4.69) is 31.4 Å². The Balaban J connectivity index is 2.13. The van der Waals surface area contributed by atoms with Gasteiger partial charge in [0.25, 0.3) is 5.91 Å². The molecule has 2 unspecified atom stereocenters. The van der Waals surface area contributed by atoms with Gasteiger partial charge in [-0.15, -0.1) is 0 Å². The average molecular weight is 401 g/mol. The fourth-order valence-corrected chi connectivity index (χ4v) is 2.93. The minimum Gasteiger partial charge on any atom is -0.340 e. The summed E-state index contributed by atoms with van der Waals surface area (Å²) in [6.07, 6.45) is 0.766. The zero-order valence-electron chi connectivity index (χ0n) is 17.2. The fourth-order valence-electron chi connectivity index (χ4n) is 2.80. The quantitative estimate of drug-likeness (QED) is 0.680. The molecule has 150 valence electrons. The van der Waals surface area contributed by atoms with Crippen molar-refractivity contribution >= 4 is 29.1 Å². The van der Waals surface area contributed by atoms with Crippen LogP contribution in [0.4, 0.5) is 5.69 Å². The molecule has 0 saturated carbocycles. The number of rotatable bonds is 6. The highest BCUT2D eigenvalue weighted by Gasteiger charge is 2.26. The monoisotopic (exact) mass is 400 g/mol. The molecule has 2 rings (SSSR count). The first kappa shape index (κ1) is 22.0. The Morgan fingerprint density at radius 3 is 2.07 bits per heavy atom. The third kappa shape index (κ3) is 5.83. The van der Waals surface area contributed by atoms with Gasteiger partial charge in [0.1, 0.15) is 6.04 Å². The average Bonchev–Trinajstić information content (AvgIpc) is 2.66. The van der Waals surface area contributed by atoms with Crippen molar-refractivity contribution in [3.8, 4) is 0 Å². The maximum absolute atomic E-state index is 12.8. The van der Waals surface area contributed by atoms with Gasteiger partial charge in [-0.25, -0.2) is 0 Å². The van der Waals surface area contributed by atoms with Crippen LogP contribution in [0.3, 0.4) is 0 Å². The molecule has 2 aromatic rings. The first-order chi connectivity index (χ1) is 13.1. The summed E-state index contributed by atoms with van der Waals surface area (Å²) in [6, 6.07) is 13.8. The summed E-state index contributed by atoms with van der Waals surface area (Å²) in [7, 11) is 0. The van der Waals surface area contributed by atoms with E-state index >= 15 is 0 Å². The van der Waals surface area contributed by atoms with Crippen LogP contribution in [0.25, 0.3) is 0 Å². The maximum atomic E-state index is 12.8. The highest BCUT2D eigenvalue weighted by molar-refractivity contribution is 6.30. The second kappa shape index (κ2) is 9.24. The van der Waals surface area contributed by atoms with Crippen molar-refractivity contribution < 1.29 is 9.59 Å². The second-order valence-electron chi connectivity index (χ2n) is 8.16. The first-order valence-electron chi connectivity index (χ1n) is 9.59. The second-order valence-corrected chi connectivity index (χ2v) is 8.60. The van der Waals surface area contributed by atoms with Crippen molar-refractivity contribution in [2.24, 2.45) is 5.92 Å². The molecule has 0 aromatic heterocycles. The van der Waals surface area contributed by atoms with Crippen LogP contribution in [-0.2, 0) is 10.2 Å². The highest BCUT2D eigenvalue weighted by Crippen LogP contribution is 2.22. The number of carbonyl (C=O) groups is 2. The number of carbonyl (C=O) groups excluding carboxylic acids is 2. The van der Waals surface area contributed by atoms with Crippen LogP contribution in [0.1, 0.15) is 57.0 Å². The van der Waals surface area contributed by atoms with E-state index in [1.807, 2.05) is 26.0 Å². The zero-order chi connectivity index (χ0) is 20.9. The molecular formula is C23H29ClN2O2. The summed E-state index contributed by atoms with van der Waals surface area (Å²) in [5.74, 6) is -0.501. The molecule has 0 saturated heterocycles. The van der Waals surface area contributed by atoms with Gasteiger partial charge in [0.05, 0.1) is 0 Å². The lowest BCUT2D eigenvalue weighted by Crippen LogP contribution is -2.47. The SMILES string of the molecule is CCC(C)C(NC(=O)c1ccc(C(C)(C)C)cc1)C(=O)Nc1ccc(Cl)cc1. The van der Waals surface area contributed by atoms with E-state index in [1.54, 1.807) is 36.4 Å². The first-order valence-corrected chi connectivity index (χ1v) is 9.97. The van der Waals surface area contributed by atoms with Crippen molar-refractivity contribution in [3.63, 3.8) is 0 Å². The zero-order valence-corrected chi connectivity index (χ0v) is 17.9. The Morgan fingerprint density at radius 1 is 1.00 bits per heavy atom. The van der Waals surface area contributed by atoms with Gasteiger partial charge < -0.3 is 10.6 Å². The maximum Gasteiger partial charge on any atom is 0.251 e. The van der Waals surface area contributed by atoms with Crippen LogP contribution in [0.2, 0.25) is 5.02 Å². The number of amides is 2. The van der Waals surface area contributed by atoms with Crippen LogP contribution in [0.5, 0.6) is 0 Å². The van der Waals surface area contributed by atoms with Gasteiger partial charge in [-0.05, 0) is 53.3 Å². The third-order valence-electron chi connectivity index (χ3n) is 4.91. The Hall–Kier alpha value is -2.33. The van der Waals surface area contributed by atoms with Crippen molar-refractivity contribution in [3.05, 3.63) is 64.7 Å². The molecular weight excluding hydrogens is 372 g/mol. The lowest BCUT2D eigenvalue weighted by atomic mass is 9.86. The minimum atomic E-state index is -0.629. The van der Waals surface area contributed by atoms with Crippen LogP contribution in [0, 0.1) is 5.92 Å². The van der Waals surface area contributed by atoms with Crippen LogP contribution >= 0.6 is 11.6 Å². The summed E-state index contributed by atoms with van der Waals surface area (Å²) < 4.78 is 0. The summed E-state index contributed by atoms with van der Waals surface area (Å²) in [5, 5.41) is 6.35. The molecule has 4 nitrogen and oxygen atoms in total. The number of hydrogen-bond donors (Lipinski definition) is 2. The van der Waals surface area contributed by atoms with Crippen LogP contribution in [0.15, 0.2) is 48.5 Å². The molecule has 2 atom stereocenters. The fraction of sp³-hybridized carbons (Fsp3) is 0.391. The molecule has 0 aliphatic carbocycles. The van der Waals surface area contributed by atoms with Crippen LogP contribution in [-0.4, -0.2) is 17.9 Å². The van der Waals surface area contributed by atoms with Gasteiger partial charge in [-0.2, -0.15) is 0 Å². The third-order valence-corrected chi connectivity index (χ3v) is 5.16. The summed E-state index contributed by atoms with van der Waals surface area (Å²) in [5.41, 5.74) is 2.36. The molecule has 0 heterocycles. The van der Waals surface area contributed by atoms with Gasteiger partial charge >= 0.3 is 0 Å². The molecule has 2 aromatic carbocycles. The normalized spacial score (nSPS) is 13.5. The molecule has 0 aliphatic heterocycles. The molecule has 0 spiro atoms. The van der Waals surface area contributed by atoms with E-state index in [9.17, 15) is 9.59 Å². The van der Waals surface area contributed by atoms with Gasteiger partial charge in [0.15, 0.2) is 0 Å². The van der Waals surface area contributed by atoms with Gasteiger partial charge in [-0.1, -0.05) is 64.8 Å². The molecule has 0 aliphatic rings. The van der Waals surface area contributed by atoms with Crippen molar-refractivity contribution in [2.75, 3.05) is 5.32 Å². The number of hydrogen-bond acceptors (Lipinski definition) is 2. The molecule has 0 fully saturated rings. The minimum absolute atomic E-state index is 0.00917. The standard InChI is InChI=1S/C23H29ClN2O2/c1-6-15(2)20(22(28)25-19-13-11-18(24)12-14-19)26-21(27)16-7-9-17(10-8-16)23(3,4)5/h7-15,20H,6H2,1-5H3,(H,25,28)(H,26,27). The highest BCUT2D eigenvalue weighted by atomic mass is 35.5. The lowest BCUT2D eigenvalue weighted by molar-refractivity contribution is -0.119. The van der Waals surface area contributed by atoms with Crippen LogP contribution < -0.4 is 10.6 Å². The number of benzene rings is 2. The van der Waals surface area contributed by atoms with E-state index in [1.165, 1.54) is 0 Å². The van der Waals surface area contributed by atoms with Crippen molar-refractivity contribution in [1.82, 2.24) is 5.32 Å². The van der Waals surface area contributed by atoms with E-state index in [-0.39, 0.29) is 23.1 Å². The Morgan fingerprint density at radius 2 is 1.57 bits per heavy atom. The molecule has 2 amide bonds. The van der Waals surface area contributed by atoms with Gasteiger partial charge in [0, 0.05) is 16.3 Å². The van der Waals surface area contributed by atoms with Gasteiger partial charge in [0.2, 0.25) is 5.91 Å². The largest absolute Gasteiger partial charge is 0.340 e. The van der Waals surface area contributed by atoms with Gasteiger partial charge in [-0.3, -0.25) is 9.59 Å². The number of halogens is 1. The molecule has 0 bridgehead atoms. The van der Waals surface area contributed by atoms with E-state index in [0.717, 1.165) is 12.0 Å². The predicted molar refractivity (Wildman–Crippen MR) is 116 cm³/mol. The Kier molecular flexibility index (Phi) is 7.25. The molecule has 2 N–H and O–H groups in total. The number of anilines is 1. The molecule has 0 radical (unpaired) electrons. The smallest absolute Gasteiger partial charge is 0.251 e. The summed E-state index contributed by atoms with van der Waals surface area (Å²) >= 11 is 5.89. The Labute approximate surface area is 172 Å². The number of nitrogens with one attached hydrogen (secondary N) is 2. The Bertz CT molecular complexity index is 808. The molecule has 28 heavy (non-hydrogen) atoms. The lowest BCUT2D eigenvalue weighted by Gasteiger charge is -2.24. The topological polar surface area (TPSA) is 58.2 Å². The van der Waals surface area contributed by atoms with Crippen molar-refractivity contribution in [2.45, 2.75) is 52.5 Å². The summed E-state index contributed by atoms with van der Waals surface area (Å²) in [4.78, 5) is 25.5. The van der Waals surface area contributed by atoms with E-state index in [0.29, 0.717) is 16.3 Å². The predicted octanol–water partition coefficient (Wildman–Crippen LogP) is 5.42. The van der Waals surface area contributed by atoms with E-state index in [4.69, 9.17) is 11.6 Å².